The third-order valence-corrected chi connectivity index (χ3v) is 8.97. The van der Waals surface area contributed by atoms with E-state index in [1.807, 2.05) is 0 Å². The van der Waals surface area contributed by atoms with Gasteiger partial charge < -0.3 is 4.74 Å². The van der Waals surface area contributed by atoms with Gasteiger partial charge in [-0.3, -0.25) is 9.79 Å². The number of fused-ring (bicyclic) bond motifs is 1. The maximum atomic E-state index is 11.9. The molecule has 4 aliphatic carbocycles. The number of rotatable bonds is 1. The predicted molar refractivity (Wildman–Crippen MR) is 98.4 cm³/mol. The lowest BCUT2D eigenvalue weighted by Gasteiger charge is -2.65. The van der Waals surface area contributed by atoms with E-state index in [9.17, 15) is 4.79 Å². The minimum absolute atomic E-state index is 0.0543. The van der Waals surface area contributed by atoms with Gasteiger partial charge in [0.15, 0.2) is 0 Å². The van der Waals surface area contributed by atoms with Gasteiger partial charge >= 0.3 is 5.97 Å². The van der Waals surface area contributed by atoms with Crippen molar-refractivity contribution in [2.24, 2.45) is 39.0 Å². The maximum absolute atomic E-state index is 11.9. The second-order valence-electron chi connectivity index (χ2n) is 10.0. The number of aliphatic imine (C=N–C) groups is 1. The van der Waals surface area contributed by atoms with Crippen LogP contribution in [0.1, 0.15) is 65.2 Å². The predicted octanol–water partition coefficient (Wildman–Crippen LogP) is 4.56. The fourth-order valence-electron chi connectivity index (χ4n) is 8.22. The zero-order chi connectivity index (χ0) is 17.4. The van der Waals surface area contributed by atoms with E-state index in [2.05, 4.69) is 19.7 Å². The molecule has 4 fully saturated rings. The van der Waals surface area contributed by atoms with Crippen molar-refractivity contribution in [2.45, 2.75) is 71.3 Å². The molecule has 0 aromatic carbocycles. The summed E-state index contributed by atoms with van der Waals surface area (Å²) in [5.74, 6) is 1.80. The number of nitrogens with zero attached hydrogens (tertiary/aromatic N) is 1. The smallest absolute Gasteiger partial charge is 0.303 e. The van der Waals surface area contributed by atoms with E-state index in [0.29, 0.717) is 17.3 Å². The molecule has 0 amide bonds. The Morgan fingerprint density at radius 2 is 2.08 bits per heavy atom. The summed E-state index contributed by atoms with van der Waals surface area (Å²) in [6.07, 6.45) is 12.4. The van der Waals surface area contributed by atoms with Crippen molar-refractivity contribution in [3.63, 3.8) is 0 Å². The zero-order valence-corrected chi connectivity index (χ0v) is 15.7. The fraction of sp³-hybridized carbons (Fsp3) is 0.818. The van der Waals surface area contributed by atoms with E-state index >= 15 is 0 Å². The van der Waals surface area contributed by atoms with Gasteiger partial charge in [-0.25, -0.2) is 0 Å². The molecule has 0 radical (unpaired) electrons. The Morgan fingerprint density at radius 1 is 1.24 bits per heavy atom. The lowest BCUT2D eigenvalue weighted by Crippen LogP contribution is -2.62. The number of esters is 1. The van der Waals surface area contributed by atoms with Crippen molar-refractivity contribution < 1.29 is 9.53 Å². The van der Waals surface area contributed by atoms with Gasteiger partial charge in [0.25, 0.3) is 0 Å². The molecule has 4 bridgehead atoms. The molecule has 3 nitrogen and oxygen atoms in total. The first-order chi connectivity index (χ1) is 11.9. The summed E-state index contributed by atoms with van der Waals surface area (Å²) in [7, 11) is 0. The van der Waals surface area contributed by atoms with Crippen molar-refractivity contribution in [1.29, 1.82) is 0 Å². The maximum Gasteiger partial charge on any atom is 0.303 e. The number of carbonyl (C=O) groups excluding carboxylic acids is 1. The van der Waals surface area contributed by atoms with Crippen LogP contribution in [0.15, 0.2) is 17.1 Å². The van der Waals surface area contributed by atoms with Crippen molar-refractivity contribution in [3.8, 4) is 0 Å². The van der Waals surface area contributed by atoms with Gasteiger partial charge in [0.1, 0.15) is 6.10 Å². The van der Waals surface area contributed by atoms with Crippen LogP contribution < -0.4 is 0 Å². The van der Waals surface area contributed by atoms with Crippen LogP contribution in [0.25, 0.3) is 0 Å². The Kier molecular flexibility index (Phi) is 3.21. The first kappa shape index (κ1) is 16.1. The summed E-state index contributed by atoms with van der Waals surface area (Å²) in [6, 6.07) is 0. The Hall–Kier alpha value is -1.12. The third-order valence-electron chi connectivity index (χ3n) is 8.97. The number of hydrogen-bond donors (Lipinski definition) is 0. The number of hydrogen-bond acceptors (Lipinski definition) is 3. The van der Waals surface area contributed by atoms with Gasteiger partial charge in [-0.1, -0.05) is 19.9 Å². The Balaban J connectivity index is 1.62. The van der Waals surface area contributed by atoms with Gasteiger partial charge in [0.05, 0.1) is 0 Å². The largest absolute Gasteiger partial charge is 0.457 e. The highest BCUT2D eigenvalue weighted by Crippen LogP contribution is 2.72. The molecule has 0 saturated heterocycles. The highest BCUT2D eigenvalue weighted by Gasteiger charge is 2.69. The Morgan fingerprint density at radius 3 is 2.88 bits per heavy atom. The van der Waals surface area contributed by atoms with Crippen LogP contribution >= 0.6 is 0 Å². The van der Waals surface area contributed by atoms with Gasteiger partial charge in [0.2, 0.25) is 0 Å². The van der Waals surface area contributed by atoms with Gasteiger partial charge in [-0.2, -0.15) is 0 Å². The first-order valence-corrected chi connectivity index (χ1v) is 10.3. The average molecular weight is 341 g/mol. The van der Waals surface area contributed by atoms with Crippen LogP contribution in [0.3, 0.4) is 0 Å². The van der Waals surface area contributed by atoms with Crippen LogP contribution in [0.5, 0.6) is 0 Å². The average Bonchev–Trinajstić information content (AvgIpc) is 2.74. The molecule has 3 heteroatoms. The second-order valence-corrected chi connectivity index (χ2v) is 10.0. The van der Waals surface area contributed by atoms with E-state index in [4.69, 9.17) is 9.73 Å². The van der Waals surface area contributed by atoms with Crippen molar-refractivity contribution in [1.82, 2.24) is 0 Å². The van der Waals surface area contributed by atoms with Crippen LogP contribution in [-0.2, 0) is 9.53 Å². The summed E-state index contributed by atoms with van der Waals surface area (Å²) in [5, 5.41) is 0. The number of carbonyl (C=O) groups is 1. The van der Waals surface area contributed by atoms with E-state index in [1.54, 1.807) is 6.92 Å². The quantitative estimate of drug-likeness (QED) is 0.518. The monoisotopic (exact) mass is 341 g/mol. The lowest BCUT2D eigenvalue weighted by atomic mass is 9.39. The molecule has 0 N–H and O–H groups in total. The molecular weight excluding hydrogens is 310 g/mol. The molecule has 1 spiro atoms. The highest BCUT2D eigenvalue weighted by atomic mass is 16.5. The summed E-state index contributed by atoms with van der Waals surface area (Å²) in [5.41, 5.74) is 1.97. The number of ether oxygens (including phenoxy) is 1. The standard InChI is InChI=1S/C22H31NO2/c1-14-16-5-6-18-21(11-16,19(14)25-15(2)24)10-7-17-20(3)8-4-9-22(17,18)13-23-12-20/h13,16-19H,1,4-12H2,2-3H3/t16?,17-,18-,19+,20+,21?,22?/m0/s1. The van der Waals surface area contributed by atoms with Crippen molar-refractivity contribution in [3.05, 3.63) is 12.2 Å². The van der Waals surface area contributed by atoms with Crippen LogP contribution in [0.4, 0.5) is 0 Å². The molecule has 0 aromatic heterocycles. The summed E-state index contributed by atoms with van der Waals surface area (Å²) >= 11 is 0. The second kappa shape index (κ2) is 4.98. The Labute approximate surface area is 151 Å². The summed E-state index contributed by atoms with van der Waals surface area (Å²) < 4.78 is 5.95. The molecular formula is C22H31NO2. The molecule has 0 aromatic rings. The molecule has 4 saturated carbocycles. The molecule has 5 rings (SSSR count). The summed E-state index contributed by atoms with van der Waals surface area (Å²) in [6.45, 7) is 9.47. The SMILES string of the molecule is C=C1C2CC[C@@H]3C45C=NC[C@@](C)(CCC4)[C@@H]5CCC3(C2)[C@@H]1OC(C)=O. The van der Waals surface area contributed by atoms with Gasteiger partial charge in [-0.05, 0) is 73.7 Å². The van der Waals surface area contributed by atoms with Crippen LogP contribution in [-0.4, -0.2) is 24.8 Å². The molecule has 5 aliphatic rings. The first-order valence-electron chi connectivity index (χ1n) is 10.3. The highest BCUT2D eigenvalue weighted by molar-refractivity contribution is 5.70. The molecule has 25 heavy (non-hydrogen) atoms. The topological polar surface area (TPSA) is 38.7 Å². The van der Waals surface area contributed by atoms with E-state index in [0.717, 1.165) is 12.5 Å². The summed E-state index contributed by atoms with van der Waals surface area (Å²) in [4.78, 5) is 16.8. The van der Waals surface area contributed by atoms with Crippen molar-refractivity contribution in [2.75, 3.05) is 6.54 Å². The molecule has 136 valence electrons. The normalized spacial score (nSPS) is 53.1. The lowest BCUT2D eigenvalue weighted by molar-refractivity contribution is -0.172. The Bertz CT molecular complexity index is 669. The minimum atomic E-state index is -0.141. The van der Waals surface area contributed by atoms with E-state index in [1.165, 1.54) is 56.9 Å². The molecule has 1 aliphatic heterocycles. The molecule has 3 unspecified atom stereocenters. The molecule has 7 atom stereocenters. The van der Waals surface area contributed by atoms with Gasteiger partial charge in [-0.15, -0.1) is 0 Å². The van der Waals surface area contributed by atoms with E-state index < -0.39 is 0 Å². The molecule has 1 heterocycles. The van der Waals surface area contributed by atoms with Crippen LogP contribution in [0, 0.1) is 34.0 Å². The van der Waals surface area contributed by atoms with E-state index in [-0.39, 0.29) is 22.9 Å². The zero-order valence-electron chi connectivity index (χ0n) is 15.7. The van der Waals surface area contributed by atoms with Gasteiger partial charge in [0, 0.05) is 30.5 Å². The van der Waals surface area contributed by atoms with Crippen molar-refractivity contribution >= 4 is 12.2 Å². The van der Waals surface area contributed by atoms with Crippen LogP contribution in [0.2, 0.25) is 0 Å². The third kappa shape index (κ3) is 1.88. The minimum Gasteiger partial charge on any atom is -0.457 e. The fourth-order valence-corrected chi connectivity index (χ4v) is 8.22.